The van der Waals surface area contributed by atoms with E-state index in [2.05, 4.69) is 16.5 Å². The first-order valence-electron chi connectivity index (χ1n) is 7.41. The summed E-state index contributed by atoms with van der Waals surface area (Å²) in [5, 5.41) is 1.39. The largest absolute Gasteiger partial charge is 0.332 e. The molecule has 0 N–H and O–H groups in total. The van der Waals surface area contributed by atoms with Crippen molar-refractivity contribution in [2.75, 3.05) is 5.75 Å². The van der Waals surface area contributed by atoms with Crippen LogP contribution in [0.25, 0.3) is 22.4 Å². The third-order valence-electron chi connectivity index (χ3n) is 3.69. The Morgan fingerprint density at radius 3 is 2.68 bits per heavy atom. The predicted molar refractivity (Wildman–Crippen MR) is 101 cm³/mol. The van der Waals surface area contributed by atoms with E-state index in [0.29, 0.717) is 38.2 Å². The second-order valence-electron chi connectivity index (χ2n) is 5.37. The second kappa shape index (κ2) is 6.85. The van der Waals surface area contributed by atoms with Crippen LogP contribution in [0.1, 0.15) is 0 Å². The van der Waals surface area contributed by atoms with Crippen LogP contribution in [-0.2, 0) is 14.1 Å². The predicted octanol–water partition coefficient (Wildman–Crippen LogP) is 2.63. The van der Waals surface area contributed by atoms with Crippen LogP contribution < -0.4 is 11.2 Å². The Bertz CT molecular complexity index is 1100. The number of hydrogen-bond donors (Lipinski definition) is 0. The van der Waals surface area contributed by atoms with Gasteiger partial charge in [0, 0.05) is 30.4 Å². The molecule has 0 aliphatic carbocycles. The topological polar surface area (TPSA) is 69.8 Å². The van der Waals surface area contributed by atoms with E-state index in [-0.39, 0.29) is 0 Å². The molecule has 1 aromatic carbocycles. The molecular formula is C17H15ClN4O2S. The van der Waals surface area contributed by atoms with Crippen molar-refractivity contribution in [3.05, 3.63) is 62.8 Å². The zero-order chi connectivity index (χ0) is 18.1. The first-order chi connectivity index (χ1) is 11.9. The minimum Gasteiger partial charge on any atom is -0.280 e. The Kier molecular flexibility index (Phi) is 4.78. The van der Waals surface area contributed by atoms with E-state index in [4.69, 9.17) is 11.6 Å². The molecule has 0 unspecified atom stereocenters. The number of hydrogen-bond acceptors (Lipinski definition) is 5. The van der Waals surface area contributed by atoms with Gasteiger partial charge in [-0.05, 0) is 12.1 Å². The van der Waals surface area contributed by atoms with Crippen molar-refractivity contribution in [1.29, 1.82) is 0 Å². The molecule has 3 rings (SSSR count). The number of rotatable bonds is 4. The lowest BCUT2D eigenvalue weighted by atomic mass is 10.2. The van der Waals surface area contributed by atoms with Crippen LogP contribution in [0.3, 0.4) is 0 Å². The van der Waals surface area contributed by atoms with Gasteiger partial charge < -0.3 is 0 Å². The van der Waals surface area contributed by atoms with Crippen LogP contribution >= 0.6 is 23.4 Å². The minimum atomic E-state index is -0.437. The average Bonchev–Trinajstić information content (AvgIpc) is 2.62. The van der Waals surface area contributed by atoms with Crippen LogP contribution in [0.15, 0.2) is 51.5 Å². The van der Waals surface area contributed by atoms with E-state index < -0.39 is 11.2 Å². The second-order valence-corrected chi connectivity index (χ2v) is 6.81. The summed E-state index contributed by atoms with van der Waals surface area (Å²) in [5.41, 5.74) is 0.155. The van der Waals surface area contributed by atoms with Gasteiger partial charge in [-0.2, -0.15) is 0 Å². The molecule has 0 fully saturated rings. The van der Waals surface area contributed by atoms with Crippen molar-refractivity contribution >= 4 is 34.4 Å². The van der Waals surface area contributed by atoms with Gasteiger partial charge in [-0.25, -0.2) is 14.8 Å². The molecule has 0 radical (unpaired) electrons. The maximum Gasteiger partial charge on any atom is 0.332 e. The van der Waals surface area contributed by atoms with E-state index in [1.165, 1.54) is 23.4 Å². The van der Waals surface area contributed by atoms with Crippen molar-refractivity contribution in [2.24, 2.45) is 14.1 Å². The van der Waals surface area contributed by atoms with Crippen LogP contribution in [0.2, 0.25) is 5.02 Å². The van der Waals surface area contributed by atoms with Gasteiger partial charge >= 0.3 is 5.69 Å². The van der Waals surface area contributed by atoms with Crippen LogP contribution in [0.4, 0.5) is 0 Å². The van der Waals surface area contributed by atoms with Crippen molar-refractivity contribution in [2.45, 2.75) is 5.03 Å². The van der Waals surface area contributed by atoms with Crippen molar-refractivity contribution in [1.82, 2.24) is 19.1 Å². The van der Waals surface area contributed by atoms with Crippen LogP contribution in [-0.4, -0.2) is 24.9 Å². The Labute approximate surface area is 152 Å². The molecule has 0 aliphatic heterocycles. The number of halogens is 1. The number of fused-ring (bicyclic) bond motifs is 1. The summed E-state index contributed by atoms with van der Waals surface area (Å²) in [6.45, 7) is 3.70. The maximum absolute atomic E-state index is 12.6. The highest BCUT2D eigenvalue weighted by atomic mass is 35.5. The zero-order valence-corrected chi connectivity index (χ0v) is 15.3. The van der Waals surface area contributed by atoms with Gasteiger partial charge in [-0.15, -0.1) is 18.3 Å². The summed E-state index contributed by atoms with van der Waals surface area (Å²) in [7, 11) is 3.03. The monoisotopic (exact) mass is 374 g/mol. The van der Waals surface area contributed by atoms with E-state index >= 15 is 0 Å². The van der Waals surface area contributed by atoms with E-state index in [9.17, 15) is 9.59 Å². The van der Waals surface area contributed by atoms with Gasteiger partial charge in [-0.1, -0.05) is 29.8 Å². The smallest absolute Gasteiger partial charge is 0.280 e. The number of benzene rings is 1. The van der Waals surface area contributed by atoms with Crippen LogP contribution in [0.5, 0.6) is 0 Å². The van der Waals surface area contributed by atoms with Crippen molar-refractivity contribution < 1.29 is 0 Å². The minimum absolute atomic E-state index is 0.296. The molecule has 8 heteroatoms. The molecule has 25 heavy (non-hydrogen) atoms. The fourth-order valence-electron chi connectivity index (χ4n) is 2.43. The third kappa shape index (κ3) is 3.12. The zero-order valence-electron chi connectivity index (χ0n) is 13.7. The van der Waals surface area contributed by atoms with Gasteiger partial charge in [0.05, 0.1) is 0 Å². The Morgan fingerprint density at radius 2 is 2.00 bits per heavy atom. The van der Waals surface area contributed by atoms with Crippen molar-refractivity contribution in [3.63, 3.8) is 0 Å². The molecule has 0 saturated heterocycles. The molecule has 0 amide bonds. The number of thioether (sulfide) groups is 1. The quantitative estimate of drug-likeness (QED) is 0.399. The summed E-state index contributed by atoms with van der Waals surface area (Å²) in [6.07, 6.45) is 1.73. The summed E-state index contributed by atoms with van der Waals surface area (Å²) < 4.78 is 2.41. The van der Waals surface area contributed by atoms with Gasteiger partial charge in [0.2, 0.25) is 0 Å². The molecule has 0 atom stereocenters. The molecule has 6 nitrogen and oxygen atoms in total. The molecule has 0 spiro atoms. The average molecular weight is 375 g/mol. The number of nitrogens with zero attached hydrogens (tertiary/aromatic N) is 4. The lowest BCUT2D eigenvalue weighted by Crippen LogP contribution is -2.37. The lowest BCUT2D eigenvalue weighted by molar-refractivity contribution is 0.703. The molecule has 0 bridgehead atoms. The molecule has 128 valence electrons. The van der Waals surface area contributed by atoms with Gasteiger partial charge in [0.25, 0.3) is 5.56 Å². The summed E-state index contributed by atoms with van der Waals surface area (Å²) in [4.78, 5) is 33.8. The van der Waals surface area contributed by atoms with Gasteiger partial charge in [0.15, 0.2) is 11.5 Å². The standard InChI is InChI=1S/C17H15ClN4O2S/c1-4-8-25-15-12-14(21(2)17(24)22(3)16(12)23)19-13(20-15)10-6-5-7-11(18)9-10/h4-7,9H,1,8H2,2-3H3. The Balaban J connectivity index is 2.41. The number of aryl methyl sites for hydroxylation is 1. The third-order valence-corrected chi connectivity index (χ3v) is 4.89. The van der Waals surface area contributed by atoms with Gasteiger partial charge in [0.1, 0.15) is 10.4 Å². The van der Waals surface area contributed by atoms with E-state index in [1.54, 1.807) is 31.3 Å². The highest BCUT2D eigenvalue weighted by Crippen LogP contribution is 2.27. The fourth-order valence-corrected chi connectivity index (χ4v) is 3.37. The Hall–Kier alpha value is -2.38. The SMILES string of the molecule is C=CCSc1nc(-c2cccc(Cl)c2)nc2c1c(=O)n(C)c(=O)n2C. The fraction of sp³-hybridized carbons (Fsp3) is 0.176. The summed E-state index contributed by atoms with van der Waals surface area (Å²) in [6, 6.07) is 7.12. The van der Waals surface area contributed by atoms with Crippen LogP contribution in [0, 0.1) is 0 Å². The Morgan fingerprint density at radius 1 is 1.24 bits per heavy atom. The maximum atomic E-state index is 12.6. The summed E-state index contributed by atoms with van der Waals surface area (Å²) >= 11 is 7.43. The summed E-state index contributed by atoms with van der Waals surface area (Å²) in [5.74, 6) is 0.984. The van der Waals surface area contributed by atoms with Crippen molar-refractivity contribution in [3.8, 4) is 11.4 Å². The highest BCUT2D eigenvalue weighted by molar-refractivity contribution is 7.99. The highest BCUT2D eigenvalue weighted by Gasteiger charge is 2.17. The molecule has 3 aromatic rings. The first-order valence-corrected chi connectivity index (χ1v) is 8.77. The van der Waals surface area contributed by atoms with E-state index in [1.807, 2.05) is 6.07 Å². The normalized spacial score (nSPS) is 11.0. The molecule has 2 heterocycles. The molecular weight excluding hydrogens is 360 g/mol. The van der Waals surface area contributed by atoms with Gasteiger partial charge in [-0.3, -0.25) is 13.9 Å². The first kappa shape index (κ1) is 17.4. The molecule has 0 saturated carbocycles. The molecule has 2 aromatic heterocycles. The lowest BCUT2D eigenvalue weighted by Gasteiger charge is -2.11. The van der Waals surface area contributed by atoms with E-state index in [0.717, 1.165) is 4.57 Å². The molecule has 0 aliphatic rings. The number of aromatic nitrogens is 4.